The first-order chi connectivity index (χ1) is 9.63. The number of nitrogens with two attached hydrogens (primary N) is 2. The number of primary amides is 1. The summed E-state index contributed by atoms with van der Waals surface area (Å²) < 4.78 is 11.1. The van der Waals surface area contributed by atoms with E-state index in [9.17, 15) is 4.79 Å². The number of ether oxygens (including phenoxy) is 2. The van der Waals surface area contributed by atoms with Crippen LogP contribution < -0.4 is 11.5 Å². The number of benzene rings is 1. The number of hydrogen-bond donors (Lipinski definition) is 2. The Morgan fingerprint density at radius 1 is 1.30 bits per heavy atom. The van der Waals surface area contributed by atoms with Crippen LogP contribution in [0.25, 0.3) is 0 Å². The minimum absolute atomic E-state index is 0.191. The zero-order valence-corrected chi connectivity index (χ0v) is 11.6. The normalized spacial score (nSPS) is 19.4. The molecule has 1 atom stereocenters. The van der Waals surface area contributed by atoms with Crippen LogP contribution in [-0.2, 0) is 19.8 Å². The smallest absolute Gasteiger partial charge is 0.242 e. The Kier molecular flexibility index (Phi) is 5.11. The van der Waals surface area contributed by atoms with Crippen molar-refractivity contribution in [2.24, 2.45) is 11.5 Å². The third-order valence-electron chi connectivity index (χ3n) is 3.75. The lowest BCUT2D eigenvalue weighted by molar-refractivity contribution is -0.124. The summed E-state index contributed by atoms with van der Waals surface area (Å²) in [6.45, 7) is 1.87. The van der Waals surface area contributed by atoms with Gasteiger partial charge in [0.15, 0.2) is 0 Å². The summed E-state index contributed by atoms with van der Waals surface area (Å²) in [5, 5.41) is 0. The van der Waals surface area contributed by atoms with Crippen LogP contribution in [0.15, 0.2) is 30.3 Å². The lowest BCUT2D eigenvalue weighted by Crippen LogP contribution is -2.50. The Morgan fingerprint density at radius 2 is 1.95 bits per heavy atom. The molecule has 0 aliphatic carbocycles. The van der Waals surface area contributed by atoms with E-state index in [1.165, 1.54) is 0 Å². The molecule has 4 N–H and O–H groups in total. The standard InChI is InChI=1S/C15H22N2O3/c16-14(18)15(17,12-4-2-1-3-5-12)8-11-20-13-6-9-19-10-7-13/h1-5,13H,6-11,17H2,(H2,16,18). The molecular weight excluding hydrogens is 256 g/mol. The van der Waals surface area contributed by atoms with Crippen molar-refractivity contribution in [3.05, 3.63) is 35.9 Å². The molecule has 1 fully saturated rings. The van der Waals surface area contributed by atoms with Crippen LogP contribution in [-0.4, -0.2) is 31.8 Å². The van der Waals surface area contributed by atoms with E-state index in [1.807, 2.05) is 30.3 Å². The maximum Gasteiger partial charge on any atom is 0.242 e. The number of rotatable bonds is 6. The fraction of sp³-hybridized carbons (Fsp3) is 0.533. The molecule has 1 aliphatic rings. The summed E-state index contributed by atoms with van der Waals surface area (Å²) in [7, 11) is 0. The lowest BCUT2D eigenvalue weighted by Gasteiger charge is -2.28. The molecule has 1 saturated heterocycles. The zero-order chi connectivity index (χ0) is 14.4. The second-order valence-corrected chi connectivity index (χ2v) is 5.13. The van der Waals surface area contributed by atoms with Gasteiger partial charge < -0.3 is 20.9 Å². The predicted octanol–water partition coefficient (Wildman–Crippen LogP) is 0.912. The summed E-state index contributed by atoms with van der Waals surface area (Å²) in [6.07, 6.45) is 2.35. The topological polar surface area (TPSA) is 87.6 Å². The van der Waals surface area contributed by atoms with Gasteiger partial charge in [-0.05, 0) is 18.4 Å². The van der Waals surface area contributed by atoms with E-state index >= 15 is 0 Å². The summed E-state index contributed by atoms with van der Waals surface area (Å²) >= 11 is 0. The van der Waals surface area contributed by atoms with E-state index in [-0.39, 0.29) is 6.10 Å². The molecule has 1 aliphatic heterocycles. The highest BCUT2D eigenvalue weighted by molar-refractivity contribution is 5.85. The molecule has 1 amide bonds. The average molecular weight is 278 g/mol. The molecule has 110 valence electrons. The molecular formula is C15H22N2O3. The van der Waals surface area contributed by atoms with Crippen molar-refractivity contribution in [1.29, 1.82) is 0 Å². The highest BCUT2D eigenvalue weighted by Gasteiger charge is 2.33. The van der Waals surface area contributed by atoms with Gasteiger partial charge in [0.05, 0.1) is 6.10 Å². The van der Waals surface area contributed by atoms with E-state index in [0.717, 1.165) is 31.6 Å². The van der Waals surface area contributed by atoms with Crippen LogP contribution in [0.4, 0.5) is 0 Å². The number of hydrogen-bond acceptors (Lipinski definition) is 4. The highest BCUT2D eigenvalue weighted by atomic mass is 16.5. The van der Waals surface area contributed by atoms with Crippen molar-refractivity contribution >= 4 is 5.91 Å². The maximum absolute atomic E-state index is 11.7. The Balaban J connectivity index is 1.94. The molecule has 1 unspecified atom stereocenters. The quantitative estimate of drug-likeness (QED) is 0.809. The second-order valence-electron chi connectivity index (χ2n) is 5.13. The molecule has 1 aromatic carbocycles. The molecule has 5 heteroatoms. The monoisotopic (exact) mass is 278 g/mol. The first-order valence-corrected chi connectivity index (χ1v) is 6.96. The van der Waals surface area contributed by atoms with Crippen molar-refractivity contribution in [3.8, 4) is 0 Å². The van der Waals surface area contributed by atoms with Crippen molar-refractivity contribution in [1.82, 2.24) is 0 Å². The molecule has 0 bridgehead atoms. The van der Waals surface area contributed by atoms with Crippen molar-refractivity contribution in [2.75, 3.05) is 19.8 Å². The van der Waals surface area contributed by atoms with Crippen molar-refractivity contribution in [2.45, 2.75) is 30.9 Å². The molecule has 2 rings (SSSR count). The SMILES string of the molecule is NC(=O)C(N)(CCOC1CCOCC1)c1ccccc1. The molecule has 0 aromatic heterocycles. The van der Waals surface area contributed by atoms with E-state index < -0.39 is 11.4 Å². The van der Waals surface area contributed by atoms with Gasteiger partial charge >= 0.3 is 0 Å². The second kappa shape index (κ2) is 6.83. The van der Waals surface area contributed by atoms with Crippen LogP contribution in [0, 0.1) is 0 Å². The summed E-state index contributed by atoms with van der Waals surface area (Å²) in [5.41, 5.74) is 11.2. The van der Waals surface area contributed by atoms with E-state index in [1.54, 1.807) is 0 Å². The summed E-state index contributed by atoms with van der Waals surface area (Å²) in [6, 6.07) is 9.21. The van der Waals surface area contributed by atoms with Gasteiger partial charge in [-0.2, -0.15) is 0 Å². The van der Waals surface area contributed by atoms with Crippen LogP contribution in [0.5, 0.6) is 0 Å². The fourth-order valence-corrected chi connectivity index (χ4v) is 2.37. The Labute approximate surface area is 119 Å². The van der Waals surface area contributed by atoms with Gasteiger partial charge in [0.2, 0.25) is 5.91 Å². The van der Waals surface area contributed by atoms with Gasteiger partial charge in [-0.15, -0.1) is 0 Å². The third kappa shape index (κ3) is 3.56. The number of amides is 1. The van der Waals surface area contributed by atoms with Gasteiger partial charge in [0, 0.05) is 26.2 Å². The minimum atomic E-state index is -1.17. The van der Waals surface area contributed by atoms with Crippen molar-refractivity contribution in [3.63, 3.8) is 0 Å². The summed E-state index contributed by atoms with van der Waals surface area (Å²) in [4.78, 5) is 11.7. The molecule has 5 nitrogen and oxygen atoms in total. The van der Waals surface area contributed by atoms with Gasteiger partial charge in [0.25, 0.3) is 0 Å². The van der Waals surface area contributed by atoms with Crippen LogP contribution in [0.1, 0.15) is 24.8 Å². The Morgan fingerprint density at radius 3 is 2.55 bits per heavy atom. The fourth-order valence-electron chi connectivity index (χ4n) is 2.37. The molecule has 20 heavy (non-hydrogen) atoms. The van der Waals surface area contributed by atoms with Gasteiger partial charge in [-0.25, -0.2) is 0 Å². The molecule has 1 aromatic rings. The van der Waals surface area contributed by atoms with E-state index in [2.05, 4.69) is 0 Å². The van der Waals surface area contributed by atoms with Gasteiger partial charge in [-0.3, -0.25) is 4.79 Å². The van der Waals surface area contributed by atoms with E-state index in [4.69, 9.17) is 20.9 Å². The largest absolute Gasteiger partial charge is 0.381 e. The van der Waals surface area contributed by atoms with Crippen LogP contribution >= 0.6 is 0 Å². The van der Waals surface area contributed by atoms with Crippen molar-refractivity contribution < 1.29 is 14.3 Å². The first kappa shape index (κ1) is 15.0. The highest BCUT2D eigenvalue weighted by Crippen LogP contribution is 2.22. The Hall–Kier alpha value is -1.43. The van der Waals surface area contributed by atoms with Crippen LogP contribution in [0.2, 0.25) is 0 Å². The number of carbonyl (C=O) groups excluding carboxylic acids is 1. The van der Waals surface area contributed by atoms with Gasteiger partial charge in [-0.1, -0.05) is 30.3 Å². The van der Waals surface area contributed by atoms with Crippen LogP contribution in [0.3, 0.4) is 0 Å². The molecule has 1 heterocycles. The minimum Gasteiger partial charge on any atom is -0.381 e. The third-order valence-corrected chi connectivity index (χ3v) is 3.75. The molecule has 0 saturated carbocycles. The predicted molar refractivity (Wildman–Crippen MR) is 75.9 cm³/mol. The summed E-state index contributed by atoms with van der Waals surface area (Å²) in [5.74, 6) is -0.528. The lowest BCUT2D eigenvalue weighted by atomic mass is 9.87. The zero-order valence-electron chi connectivity index (χ0n) is 11.6. The molecule has 0 radical (unpaired) electrons. The average Bonchev–Trinajstić information content (AvgIpc) is 2.49. The first-order valence-electron chi connectivity index (χ1n) is 6.96. The van der Waals surface area contributed by atoms with Gasteiger partial charge in [0.1, 0.15) is 5.54 Å². The maximum atomic E-state index is 11.7. The molecule has 0 spiro atoms. The Bertz CT molecular complexity index is 432. The van der Waals surface area contributed by atoms with E-state index in [0.29, 0.717) is 13.0 Å². The number of carbonyl (C=O) groups is 1.